The van der Waals surface area contributed by atoms with E-state index in [-0.39, 0.29) is 30.8 Å². The van der Waals surface area contributed by atoms with E-state index in [1.807, 2.05) is 6.07 Å². The van der Waals surface area contributed by atoms with Gasteiger partial charge in [-0.2, -0.15) is 0 Å². The molecule has 1 aliphatic heterocycles. The van der Waals surface area contributed by atoms with Crippen molar-refractivity contribution in [3.05, 3.63) is 53.6 Å². The van der Waals surface area contributed by atoms with E-state index in [0.29, 0.717) is 22.1 Å². The number of para-hydroxylation sites is 3. The minimum Gasteiger partial charge on any atom is -0.324 e. The second-order valence-electron chi connectivity index (χ2n) is 7.46. The smallest absolute Gasteiger partial charge is 0.250 e. The molecule has 7 nitrogen and oxygen atoms in total. The van der Waals surface area contributed by atoms with Gasteiger partial charge in [-0.25, -0.2) is 0 Å². The molecular formula is C21H23ClN4O3. The molecule has 2 N–H and O–H groups in total. The minimum absolute atomic E-state index is 0.000918. The fraction of sp³-hybridized carbons (Fsp3) is 0.286. The van der Waals surface area contributed by atoms with E-state index >= 15 is 0 Å². The van der Waals surface area contributed by atoms with E-state index in [0.717, 1.165) is 0 Å². The van der Waals surface area contributed by atoms with Gasteiger partial charge < -0.3 is 10.6 Å². The molecule has 1 aliphatic rings. The number of hydrogen-bond donors (Lipinski definition) is 2. The van der Waals surface area contributed by atoms with Crippen LogP contribution in [0.15, 0.2) is 48.5 Å². The lowest BCUT2D eigenvalue weighted by molar-refractivity contribution is -0.127. The molecule has 3 amide bonds. The summed E-state index contributed by atoms with van der Waals surface area (Å²) in [5.41, 5.74) is 0.688. The van der Waals surface area contributed by atoms with Crippen molar-refractivity contribution in [2.75, 3.05) is 35.7 Å². The van der Waals surface area contributed by atoms with E-state index in [2.05, 4.69) is 10.6 Å². The summed E-state index contributed by atoms with van der Waals surface area (Å²) in [4.78, 5) is 41.0. The van der Waals surface area contributed by atoms with Crippen LogP contribution in [0.2, 0.25) is 5.02 Å². The molecule has 152 valence electrons. The molecule has 2 aromatic carbocycles. The van der Waals surface area contributed by atoms with Crippen molar-refractivity contribution in [2.24, 2.45) is 0 Å². The summed E-state index contributed by atoms with van der Waals surface area (Å²) in [7, 11) is 1.67. The van der Waals surface area contributed by atoms with E-state index < -0.39 is 5.54 Å². The summed E-state index contributed by atoms with van der Waals surface area (Å²) < 4.78 is 0. The molecular weight excluding hydrogens is 392 g/mol. The average molecular weight is 415 g/mol. The maximum Gasteiger partial charge on any atom is 0.250 e. The highest BCUT2D eigenvalue weighted by Crippen LogP contribution is 2.36. The predicted molar refractivity (Wildman–Crippen MR) is 114 cm³/mol. The second-order valence-corrected chi connectivity index (χ2v) is 7.87. The van der Waals surface area contributed by atoms with Crippen LogP contribution in [0.25, 0.3) is 0 Å². The first-order valence-corrected chi connectivity index (χ1v) is 9.54. The van der Waals surface area contributed by atoms with Crippen LogP contribution in [0.5, 0.6) is 0 Å². The Morgan fingerprint density at radius 2 is 1.76 bits per heavy atom. The Labute approximate surface area is 174 Å². The lowest BCUT2D eigenvalue weighted by atomic mass is 9.96. The molecule has 0 fully saturated rings. The zero-order chi connectivity index (χ0) is 21.2. The Bertz CT molecular complexity index is 960. The third kappa shape index (κ3) is 4.41. The van der Waals surface area contributed by atoms with Crippen LogP contribution in [0.3, 0.4) is 0 Å². The second kappa shape index (κ2) is 8.23. The number of amides is 3. The largest absolute Gasteiger partial charge is 0.324 e. The number of likely N-dealkylation sites (N-methyl/N-ethyl adjacent to an activating group) is 1. The number of rotatable bonds is 5. The summed E-state index contributed by atoms with van der Waals surface area (Å²) in [5.74, 6) is -0.821. The normalized spacial score (nSPS) is 14.9. The monoisotopic (exact) mass is 414 g/mol. The summed E-state index contributed by atoms with van der Waals surface area (Å²) in [5, 5.41) is 6.00. The number of carbonyl (C=O) groups is 3. The van der Waals surface area contributed by atoms with E-state index in [9.17, 15) is 14.4 Å². The van der Waals surface area contributed by atoms with Gasteiger partial charge in [0, 0.05) is 0 Å². The van der Waals surface area contributed by atoms with Gasteiger partial charge in [0.15, 0.2) is 0 Å². The van der Waals surface area contributed by atoms with Gasteiger partial charge in [-0.3, -0.25) is 24.2 Å². The van der Waals surface area contributed by atoms with Gasteiger partial charge in [-0.05, 0) is 45.2 Å². The van der Waals surface area contributed by atoms with Crippen LogP contribution in [0.4, 0.5) is 17.1 Å². The molecule has 0 bridgehead atoms. The van der Waals surface area contributed by atoms with Crippen molar-refractivity contribution in [3.8, 4) is 0 Å². The van der Waals surface area contributed by atoms with Crippen LogP contribution in [-0.2, 0) is 14.4 Å². The number of halogens is 1. The summed E-state index contributed by atoms with van der Waals surface area (Å²) >= 11 is 6.06. The molecule has 2 aromatic rings. The molecule has 0 aliphatic carbocycles. The number of benzene rings is 2. The van der Waals surface area contributed by atoms with E-state index in [1.165, 1.54) is 4.90 Å². The van der Waals surface area contributed by atoms with Gasteiger partial charge in [0.1, 0.15) is 5.54 Å². The molecule has 0 saturated carbocycles. The number of nitrogens with zero attached hydrogens (tertiary/aromatic N) is 2. The highest BCUT2D eigenvalue weighted by Gasteiger charge is 2.43. The minimum atomic E-state index is -1.05. The van der Waals surface area contributed by atoms with Gasteiger partial charge >= 0.3 is 0 Å². The van der Waals surface area contributed by atoms with Crippen LogP contribution < -0.4 is 15.5 Å². The molecule has 8 heteroatoms. The fourth-order valence-electron chi connectivity index (χ4n) is 3.25. The van der Waals surface area contributed by atoms with Crippen LogP contribution in [0, 0.1) is 0 Å². The molecule has 0 aromatic heterocycles. The van der Waals surface area contributed by atoms with Gasteiger partial charge in [-0.1, -0.05) is 35.9 Å². The SMILES string of the molecule is CN(CC(=O)Nc1ccccc1Cl)CC(=O)N1c2ccccc2NC(=O)C1(C)C. The number of nitrogens with one attached hydrogen (secondary N) is 2. The zero-order valence-electron chi connectivity index (χ0n) is 16.5. The van der Waals surface area contributed by atoms with Crippen LogP contribution in [0.1, 0.15) is 13.8 Å². The van der Waals surface area contributed by atoms with Crippen LogP contribution >= 0.6 is 11.6 Å². The van der Waals surface area contributed by atoms with Crippen molar-refractivity contribution in [1.29, 1.82) is 0 Å². The maximum absolute atomic E-state index is 13.1. The Morgan fingerprint density at radius 1 is 1.10 bits per heavy atom. The average Bonchev–Trinajstić information content (AvgIpc) is 2.64. The number of hydrogen-bond acceptors (Lipinski definition) is 4. The Morgan fingerprint density at radius 3 is 2.48 bits per heavy atom. The molecule has 0 atom stereocenters. The third-order valence-corrected chi connectivity index (χ3v) is 5.05. The molecule has 0 spiro atoms. The van der Waals surface area contributed by atoms with Crippen molar-refractivity contribution in [2.45, 2.75) is 19.4 Å². The molecule has 0 radical (unpaired) electrons. The number of fused-ring (bicyclic) bond motifs is 1. The van der Waals surface area contributed by atoms with Crippen LogP contribution in [-0.4, -0.2) is 48.3 Å². The topological polar surface area (TPSA) is 81.8 Å². The molecule has 29 heavy (non-hydrogen) atoms. The van der Waals surface area contributed by atoms with Gasteiger partial charge in [0.05, 0.1) is 35.2 Å². The molecule has 0 saturated heterocycles. The fourth-order valence-corrected chi connectivity index (χ4v) is 3.44. The molecule has 1 heterocycles. The van der Waals surface area contributed by atoms with Crippen molar-refractivity contribution < 1.29 is 14.4 Å². The zero-order valence-corrected chi connectivity index (χ0v) is 17.3. The van der Waals surface area contributed by atoms with E-state index in [1.54, 1.807) is 68.3 Å². The summed E-state index contributed by atoms with van der Waals surface area (Å²) in [6.07, 6.45) is 0. The lowest BCUT2D eigenvalue weighted by Gasteiger charge is -2.42. The summed E-state index contributed by atoms with van der Waals surface area (Å²) in [6, 6.07) is 14.1. The molecule has 3 rings (SSSR count). The molecule has 0 unspecified atom stereocenters. The predicted octanol–water partition coefficient (Wildman–Crippen LogP) is 2.97. The maximum atomic E-state index is 13.1. The highest BCUT2D eigenvalue weighted by molar-refractivity contribution is 6.33. The van der Waals surface area contributed by atoms with E-state index in [4.69, 9.17) is 11.6 Å². The Balaban J connectivity index is 1.69. The van der Waals surface area contributed by atoms with Crippen molar-refractivity contribution in [1.82, 2.24) is 4.90 Å². The third-order valence-electron chi connectivity index (χ3n) is 4.72. The lowest BCUT2D eigenvalue weighted by Crippen LogP contribution is -2.60. The first kappa shape index (κ1) is 20.8. The Kier molecular flexibility index (Phi) is 5.91. The summed E-state index contributed by atoms with van der Waals surface area (Å²) in [6.45, 7) is 3.36. The quantitative estimate of drug-likeness (QED) is 0.788. The first-order chi connectivity index (χ1) is 13.7. The number of carbonyl (C=O) groups excluding carboxylic acids is 3. The first-order valence-electron chi connectivity index (χ1n) is 9.16. The van der Waals surface area contributed by atoms with Gasteiger partial charge in [-0.15, -0.1) is 0 Å². The highest BCUT2D eigenvalue weighted by atomic mass is 35.5. The van der Waals surface area contributed by atoms with Crippen molar-refractivity contribution >= 4 is 46.4 Å². The number of anilines is 3. The Hall–Kier alpha value is -2.90. The van der Waals surface area contributed by atoms with Crippen molar-refractivity contribution in [3.63, 3.8) is 0 Å². The van der Waals surface area contributed by atoms with Gasteiger partial charge in [0.2, 0.25) is 17.7 Å². The standard InChI is InChI=1S/C21H23ClN4O3/c1-21(2)20(29)24-16-10-6-7-11-17(16)26(21)19(28)13-25(3)12-18(27)23-15-9-5-4-8-14(15)22/h4-11H,12-13H2,1-3H3,(H,23,27)(H,24,29). The van der Waals surface area contributed by atoms with Gasteiger partial charge in [0.25, 0.3) is 0 Å².